The molecule has 0 fully saturated rings. The third-order valence-corrected chi connectivity index (χ3v) is 2.11. The molecule has 1 heterocycles. The highest BCUT2D eigenvalue weighted by atomic mass is 19.1. The van der Waals surface area contributed by atoms with Crippen molar-refractivity contribution in [2.45, 2.75) is 19.9 Å². The van der Waals surface area contributed by atoms with Gasteiger partial charge in [0.25, 0.3) is 5.91 Å². The summed E-state index contributed by atoms with van der Waals surface area (Å²) in [6.07, 6.45) is 1.29. The number of anilines is 1. The zero-order valence-corrected chi connectivity index (χ0v) is 9.87. The van der Waals surface area contributed by atoms with E-state index in [2.05, 4.69) is 10.3 Å². The van der Waals surface area contributed by atoms with E-state index in [0.717, 1.165) is 0 Å². The number of aromatic nitrogens is 1. The van der Waals surface area contributed by atoms with Crippen molar-refractivity contribution >= 4 is 11.7 Å². The number of carbonyl (C=O) groups is 1. The van der Waals surface area contributed by atoms with Crippen molar-refractivity contribution in [3.8, 4) is 0 Å². The molecule has 0 radical (unpaired) electrons. The lowest BCUT2D eigenvalue weighted by Gasteiger charge is -2.14. The van der Waals surface area contributed by atoms with Crippen LogP contribution in [0.25, 0.3) is 0 Å². The minimum Gasteiger partial charge on any atom is -0.381 e. The molecule has 6 heteroatoms. The highest BCUT2D eigenvalue weighted by molar-refractivity contribution is 5.95. The number of amides is 1. The number of nitrogens with two attached hydrogens (primary N) is 1. The lowest BCUT2D eigenvalue weighted by molar-refractivity contribution is 0.0868. The molecule has 94 valence electrons. The molecule has 0 aliphatic carbocycles. The van der Waals surface area contributed by atoms with E-state index in [0.29, 0.717) is 13.2 Å². The zero-order valence-electron chi connectivity index (χ0n) is 9.87. The van der Waals surface area contributed by atoms with Crippen molar-refractivity contribution < 1.29 is 13.9 Å². The highest BCUT2D eigenvalue weighted by Crippen LogP contribution is 2.11. The van der Waals surface area contributed by atoms with Gasteiger partial charge in [0.05, 0.1) is 12.2 Å². The van der Waals surface area contributed by atoms with Crippen LogP contribution < -0.4 is 11.1 Å². The normalized spacial score (nSPS) is 12.2. The third kappa shape index (κ3) is 3.67. The summed E-state index contributed by atoms with van der Waals surface area (Å²) in [4.78, 5) is 15.2. The Bertz CT molecular complexity index is 398. The SMILES string of the molecule is CCOCC(C)NC(=O)c1ccnc(N)c1F. The zero-order chi connectivity index (χ0) is 12.8. The fourth-order valence-corrected chi connectivity index (χ4v) is 1.27. The van der Waals surface area contributed by atoms with Gasteiger partial charge in [-0.25, -0.2) is 9.37 Å². The van der Waals surface area contributed by atoms with Crippen LogP contribution in [0, 0.1) is 5.82 Å². The van der Waals surface area contributed by atoms with Gasteiger partial charge in [-0.15, -0.1) is 0 Å². The van der Waals surface area contributed by atoms with Crippen LogP contribution in [-0.4, -0.2) is 30.1 Å². The van der Waals surface area contributed by atoms with Gasteiger partial charge in [-0.1, -0.05) is 0 Å². The maximum absolute atomic E-state index is 13.5. The summed E-state index contributed by atoms with van der Waals surface area (Å²) in [5.41, 5.74) is 5.17. The minimum atomic E-state index is -0.798. The van der Waals surface area contributed by atoms with Crippen LogP contribution in [0.3, 0.4) is 0 Å². The molecule has 1 amide bonds. The molecule has 0 saturated carbocycles. The lowest BCUT2D eigenvalue weighted by atomic mass is 10.2. The molecule has 0 bridgehead atoms. The summed E-state index contributed by atoms with van der Waals surface area (Å²) >= 11 is 0. The van der Waals surface area contributed by atoms with Crippen LogP contribution in [0.15, 0.2) is 12.3 Å². The second-order valence-corrected chi connectivity index (χ2v) is 3.59. The second-order valence-electron chi connectivity index (χ2n) is 3.59. The maximum atomic E-state index is 13.5. The van der Waals surface area contributed by atoms with Crippen LogP contribution in [0.2, 0.25) is 0 Å². The molecule has 5 nitrogen and oxygen atoms in total. The molecular weight excluding hydrogens is 225 g/mol. The second kappa shape index (κ2) is 6.15. The van der Waals surface area contributed by atoms with E-state index < -0.39 is 11.7 Å². The Labute approximate surface area is 99.2 Å². The predicted molar refractivity (Wildman–Crippen MR) is 62.0 cm³/mol. The summed E-state index contributed by atoms with van der Waals surface area (Å²) in [6.45, 7) is 4.58. The fraction of sp³-hybridized carbons (Fsp3) is 0.455. The topological polar surface area (TPSA) is 77.2 Å². The molecule has 0 aliphatic heterocycles. The molecule has 3 N–H and O–H groups in total. The van der Waals surface area contributed by atoms with Gasteiger partial charge < -0.3 is 15.8 Å². The van der Waals surface area contributed by atoms with Gasteiger partial charge in [0, 0.05) is 18.8 Å². The van der Waals surface area contributed by atoms with E-state index in [1.807, 2.05) is 6.92 Å². The number of hydrogen-bond donors (Lipinski definition) is 2. The number of hydrogen-bond acceptors (Lipinski definition) is 4. The average Bonchev–Trinajstić information content (AvgIpc) is 2.29. The summed E-state index contributed by atoms with van der Waals surface area (Å²) < 4.78 is 18.6. The molecule has 1 aromatic rings. The van der Waals surface area contributed by atoms with Gasteiger partial charge in [0.2, 0.25) is 0 Å². The van der Waals surface area contributed by atoms with E-state index in [4.69, 9.17) is 10.5 Å². The fourth-order valence-electron chi connectivity index (χ4n) is 1.27. The molecule has 1 aromatic heterocycles. The van der Waals surface area contributed by atoms with Gasteiger partial charge in [0.1, 0.15) is 0 Å². The number of carbonyl (C=O) groups excluding carboxylic acids is 1. The molecule has 0 aliphatic rings. The van der Waals surface area contributed by atoms with E-state index >= 15 is 0 Å². The van der Waals surface area contributed by atoms with E-state index in [-0.39, 0.29) is 17.4 Å². The first-order valence-corrected chi connectivity index (χ1v) is 5.34. The Morgan fingerprint density at radius 2 is 2.41 bits per heavy atom. The van der Waals surface area contributed by atoms with E-state index in [1.165, 1.54) is 12.3 Å². The minimum absolute atomic E-state index is 0.110. The molecule has 1 rings (SSSR count). The quantitative estimate of drug-likeness (QED) is 0.804. The number of ether oxygens (including phenoxy) is 1. The van der Waals surface area contributed by atoms with Crippen molar-refractivity contribution in [2.75, 3.05) is 18.9 Å². The molecular formula is C11H16FN3O2. The summed E-state index contributed by atoms with van der Waals surface area (Å²) in [7, 11) is 0. The Morgan fingerprint density at radius 1 is 1.71 bits per heavy atom. The van der Waals surface area contributed by atoms with Gasteiger partial charge in [-0.05, 0) is 19.9 Å². The van der Waals surface area contributed by atoms with Crippen LogP contribution in [0.1, 0.15) is 24.2 Å². The van der Waals surface area contributed by atoms with Crippen molar-refractivity contribution in [2.24, 2.45) is 0 Å². The Balaban J connectivity index is 2.67. The monoisotopic (exact) mass is 241 g/mol. The molecule has 0 saturated heterocycles. The first-order chi connectivity index (χ1) is 8.06. The number of halogens is 1. The average molecular weight is 241 g/mol. The third-order valence-electron chi connectivity index (χ3n) is 2.11. The Hall–Kier alpha value is -1.69. The molecule has 0 spiro atoms. The summed E-state index contributed by atoms with van der Waals surface area (Å²) in [5, 5.41) is 2.61. The van der Waals surface area contributed by atoms with Gasteiger partial charge in [0.15, 0.2) is 11.6 Å². The van der Waals surface area contributed by atoms with Crippen LogP contribution >= 0.6 is 0 Å². The summed E-state index contributed by atoms with van der Waals surface area (Å²) in [5.74, 6) is -1.60. The van der Waals surface area contributed by atoms with Crippen molar-refractivity contribution in [1.82, 2.24) is 10.3 Å². The highest BCUT2D eigenvalue weighted by Gasteiger charge is 2.16. The predicted octanol–water partition coefficient (Wildman–Crippen LogP) is 0.958. The lowest BCUT2D eigenvalue weighted by Crippen LogP contribution is -2.36. The van der Waals surface area contributed by atoms with Crippen molar-refractivity contribution in [1.29, 1.82) is 0 Å². The largest absolute Gasteiger partial charge is 0.381 e. The number of rotatable bonds is 5. The van der Waals surface area contributed by atoms with Crippen molar-refractivity contribution in [3.63, 3.8) is 0 Å². The Kier molecular flexibility index (Phi) is 4.84. The van der Waals surface area contributed by atoms with Crippen molar-refractivity contribution in [3.05, 3.63) is 23.6 Å². The van der Waals surface area contributed by atoms with E-state index in [1.54, 1.807) is 6.92 Å². The smallest absolute Gasteiger partial charge is 0.254 e. The van der Waals surface area contributed by atoms with E-state index in [9.17, 15) is 9.18 Å². The van der Waals surface area contributed by atoms with Gasteiger partial charge >= 0.3 is 0 Å². The molecule has 17 heavy (non-hydrogen) atoms. The van der Waals surface area contributed by atoms with Crippen LogP contribution in [-0.2, 0) is 4.74 Å². The number of pyridine rings is 1. The molecule has 0 aromatic carbocycles. The first kappa shape index (κ1) is 13.4. The number of nitrogens with one attached hydrogen (secondary N) is 1. The van der Waals surface area contributed by atoms with Crippen LogP contribution in [0.5, 0.6) is 0 Å². The Morgan fingerprint density at radius 3 is 3.06 bits per heavy atom. The molecule has 1 unspecified atom stereocenters. The first-order valence-electron chi connectivity index (χ1n) is 5.34. The number of nitrogens with zero attached hydrogens (tertiary/aromatic N) is 1. The summed E-state index contributed by atoms with van der Waals surface area (Å²) in [6, 6.07) is 1.09. The molecule has 1 atom stereocenters. The van der Waals surface area contributed by atoms with Gasteiger partial charge in [-0.2, -0.15) is 0 Å². The maximum Gasteiger partial charge on any atom is 0.254 e. The number of nitrogen functional groups attached to an aromatic ring is 1. The van der Waals surface area contributed by atoms with Crippen LogP contribution in [0.4, 0.5) is 10.2 Å². The standard InChI is InChI=1S/C11H16FN3O2/c1-3-17-6-7(2)15-11(16)8-4-5-14-10(13)9(8)12/h4-5,7H,3,6H2,1-2H3,(H2,13,14)(H,15,16). The van der Waals surface area contributed by atoms with Gasteiger partial charge in [-0.3, -0.25) is 4.79 Å².